The molecular weight excluding hydrogens is 284 g/mol. The van der Waals surface area contributed by atoms with Crippen molar-refractivity contribution in [3.8, 4) is 0 Å². The maximum absolute atomic E-state index is 10.9. The molecule has 0 unspecified atom stereocenters. The van der Waals surface area contributed by atoms with E-state index in [0.717, 1.165) is 16.0 Å². The molecular formula is C11H12N4O2S2. The summed E-state index contributed by atoms with van der Waals surface area (Å²) in [5.41, 5.74) is 0.837. The third-order valence-electron chi connectivity index (χ3n) is 2.27. The fourth-order valence-corrected chi connectivity index (χ4v) is 3.26. The van der Waals surface area contributed by atoms with Crippen LogP contribution in [-0.2, 0) is 5.75 Å². The van der Waals surface area contributed by atoms with Crippen LogP contribution in [0.4, 0.5) is 10.8 Å². The van der Waals surface area contributed by atoms with Crippen molar-refractivity contribution in [1.82, 2.24) is 10.2 Å². The number of nitro benzene ring substituents is 1. The van der Waals surface area contributed by atoms with E-state index >= 15 is 0 Å². The van der Waals surface area contributed by atoms with Crippen molar-refractivity contribution in [3.63, 3.8) is 0 Å². The van der Waals surface area contributed by atoms with Crippen molar-refractivity contribution in [1.29, 1.82) is 0 Å². The Morgan fingerprint density at radius 3 is 2.95 bits per heavy atom. The normalized spacial score (nSPS) is 10.4. The van der Waals surface area contributed by atoms with E-state index in [0.29, 0.717) is 11.3 Å². The van der Waals surface area contributed by atoms with Crippen LogP contribution in [0.2, 0.25) is 0 Å². The lowest BCUT2D eigenvalue weighted by molar-refractivity contribution is -0.385. The molecule has 0 aliphatic heterocycles. The number of benzene rings is 1. The van der Waals surface area contributed by atoms with Crippen molar-refractivity contribution in [2.45, 2.75) is 17.0 Å². The minimum Gasteiger partial charge on any atom is -0.360 e. The standard InChI is InChI=1S/C11H12N4O2S2/c1-2-12-10-13-14-11(19-10)18-7-8-5-3-4-6-9(8)15(16)17/h3-6H,2,7H2,1H3,(H,12,13). The molecule has 0 aliphatic carbocycles. The second-order valence-electron chi connectivity index (χ2n) is 3.58. The van der Waals surface area contributed by atoms with Gasteiger partial charge in [0.1, 0.15) is 0 Å². The van der Waals surface area contributed by atoms with Gasteiger partial charge in [0, 0.05) is 23.9 Å². The molecule has 1 heterocycles. The molecule has 6 nitrogen and oxygen atoms in total. The molecule has 0 amide bonds. The molecule has 0 bridgehead atoms. The average Bonchev–Trinajstić information content (AvgIpc) is 2.85. The summed E-state index contributed by atoms with van der Waals surface area (Å²) >= 11 is 2.90. The molecule has 0 fully saturated rings. The zero-order chi connectivity index (χ0) is 13.7. The average molecular weight is 296 g/mol. The highest BCUT2D eigenvalue weighted by Gasteiger charge is 2.13. The number of anilines is 1. The van der Waals surface area contributed by atoms with Gasteiger partial charge in [0.15, 0.2) is 4.34 Å². The number of hydrogen-bond donors (Lipinski definition) is 1. The summed E-state index contributed by atoms with van der Waals surface area (Å²) in [5, 5.41) is 22.7. The van der Waals surface area contributed by atoms with Crippen molar-refractivity contribution in [3.05, 3.63) is 39.9 Å². The first-order valence-electron chi connectivity index (χ1n) is 5.63. The molecule has 8 heteroatoms. The molecule has 0 spiro atoms. The lowest BCUT2D eigenvalue weighted by Gasteiger charge is -2.00. The second-order valence-corrected chi connectivity index (χ2v) is 5.78. The largest absolute Gasteiger partial charge is 0.360 e. The highest BCUT2D eigenvalue weighted by molar-refractivity contribution is 8.00. The van der Waals surface area contributed by atoms with Gasteiger partial charge in [-0.3, -0.25) is 10.1 Å². The van der Waals surface area contributed by atoms with Gasteiger partial charge in [-0.2, -0.15) is 0 Å². The van der Waals surface area contributed by atoms with Gasteiger partial charge >= 0.3 is 0 Å². The fourth-order valence-electron chi connectivity index (χ4n) is 1.44. The summed E-state index contributed by atoms with van der Waals surface area (Å²) in [6.45, 7) is 2.78. The number of nitrogens with one attached hydrogen (secondary N) is 1. The lowest BCUT2D eigenvalue weighted by Crippen LogP contribution is -1.94. The number of nitro groups is 1. The number of hydrogen-bond acceptors (Lipinski definition) is 7. The van der Waals surface area contributed by atoms with Crippen LogP contribution in [0.15, 0.2) is 28.6 Å². The topological polar surface area (TPSA) is 81.0 Å². The van der Waals surface area contributed by atoms with E-state index in [4.69, 9.17) is 0 Å². The Hall–Kier alpha value is -1.67. The summed E-state index contributed by atoms with van der Waals surface area (Å²) in [6.07, 6.45) is 0. The number of aromatic nitrogens is 2. The van der Waals surface area contributed by atoms with E-state index in [1.165, 1.54) is 29.2 Å². The summed E-state index contributed by atoms with van der Waals surface area (Å²) in [7, 11) is 0. The molecule has 0 aliphatic rings. The molecule has 2 aromatic rings. The predicted octanol–water partition coefficient (Wildman–Crippen LogP) is 3.17. The maximum atomic E-state index is 10.9. The summed E-state index contributed by atoms with van der Waals surface area (Å²) in [6, 6.07) is 6.74. The van der Waals surface area contributed by atoms with E-state index in [1.807, 2.05) is 6.92 Å². The zero-order valence-electron chi connectivity index (χ0n) is 10.2. The Kier molecular flexibility index (Phi) is 4.69. The first-order valence-corrected chi connectivity index (χ1v) is 7.43. The van der Waals surface area contributed by atoms with Gasteiger partial charge in [0.25, 0.3) is 5.69 Å². The minimum atomic E-state index is -0.361. The molecule has 1 aromatic carbocycles. The second kappa shape index (κ2) is 6.48. The third kappa shape index (κ3) is 3.65. The van der Waals surface area contributed by atoms with Crippen molar-refractivity contribution in [2.24, 2.45) is 0 Å². The monoisotopic (exact) mass is 296 g/mol. The Balaban J connectivity index is 2.03. The predicted molar refractivity (Wildman–Crippen MR) is 76.7 cm³/mol. The first-order chi connectivity index (χ1) is 9.20. The number of rotatable bonds is 6. The number of para-hydroxylation sites is 1. The molecule has 2 rings (SSSR count). The van der Waals surface area contributed by atoms with E-state index in [-0.39, 0.29) is 10.6 Å². The number of nitrogens with zero attached hydrogens (tertiary/aromatic N) is 3. The van der Waals surface area contributed by atoms with E-state index in [9.17, 15) is 10.1 Å². The van der Waals surface area contributed by atoms with Crippen molar-refractivity contribution >= 4 is 33.9 Å². The summed E-state index contributed by atoms with van der Waals surface area (Å²) < 4.78 is 0.800. The van der Waals surface area contributed by atoms with Gasteiger partial charge < -0.3 is 5.32 Å². The molecule has 0 saturated heterocycles. The Labute approximate surface area is 118 Å². The number of thioether (sulfide) groups is 1. The van der Waals surface area contributed by atoms with E-state index in [1.54, 1.807) is 18.2 Å². The third-order valence-corrected chi connectivity index (χ3v) is 4.34. The smallest absolute Gasteiger partial charge is 0.273 e. The highest BCUT2D eigenvalue weighted by Crippen LogP contribution is 2.30. The van der Waals surface area contributed by atoms with Gasteiger partial charge in [-0.15, -0.1) is 10.2 Å². The van der Waals surface area contributed by atoms with Gasteiger partial charge in [-0.25, -0.2) is 0 Å². The SMILES string of the molecule is CCNc1nnc(SCc2ccccc2[N+](=O)[O-])s1. The highest BCUT2D eigenvalue weighted by atomic mass is 32.2. The van der Waals surface area contributed by atoms with Crippen LogP contribution in [0.1, 0.15) is 12.5 Å². The van der Waals surface area contributed by atoms with Crippen LogP contribution >= 0.6 is 23.1 Å². The van der Waals surface area contributed by atoms with E-state index < -0.39 is 0 Å². The molecule has 0 radical (unpaired) electrons. The first kappa shape index (κ1) is 13.8. The maximum Gasteiger partial charge on any atom is 0.273 e. The molecule has 0 atom stereocenters. The fraction of sp³-hybridized carbons (Fsp3) is 0.273. The zero-order valence-corrected chi connectivity index (χ0v) is 11.8. The molecule has 19 heavy (non-hydrogen) atoms. The van der Waals surface area contributed by atoms with Gasteiger partial charge in [-0.1, -0.05) is 41.3 Å². The minimum absolute atomic E-state index is 0.145. The van der Waals surface area contributed by atoms with Crippen molar-refractivity contribution < 1.29 is 4.92 Å². The van der Waals surface area contributed by atoms with Gasteiger partial charge in [0.05, 0.1) is 4.92 Å². The van der Waals surface area contributed by atoms with Crippen molar-refractivity contribution in [2.75, 3.05) is 11.9 Å². The van der Waals surface area contributed by atoms with Crippen LogP contribution in [-0.4, -0.2) is 21.7 Å². The molecule has 1 N–H and O–H groups in total. The summed E-state index contributed by atoms with van der Waals surface area (Å²) in [4.78, 5) is 10.5. The van der Waals surface area contributed by atoms with Crippen LogP contribution in [0.3, 0.4) is 0 Å². The van der Waals surface area contributed by atoms with Crippen LogP contribution in [0, 0.1) is 10.1 Å². The van der Waals surface area contributed by atoms with Gasteiger partial charge in [-0.05, 0) is 6.92 Å². The van der Waals surface area contributed by atoms with Crippen LogP contribution in [0.5, 0.6) is 0 Å². The Morgan fingerprint density at radius 2 is 2.21 bits per heavy atom. The van der Waals surface area contributed by atoms with Crippen LogP contribution < -0.4 is 5.32 Å². The molecule has 1 aromatic heterocycles. The van der Waals surface area contributed by atoms with Gasteiger partial charge in [0.2, 0.25) is 5.13 Å². The van der Waals surface area contributed by atoms with E-state index in [2.05, 4.69) is 15.5 Å². The molecule has 0 saturated carbocycles. The van der Waals surface area contributed by atoms with Crippen LogP contribution in [0.25, 0.3) is 0 Å². The Morgan fingerprint density at radius 1 is 1.42 bits per heavy atom. The summed E-state index contributed by atoms with van der Waals surface area (Å²) in [5.74, 6) is 0.512. The quantitative estimate of drug-likeness (QED) is 0.501. The lowest BCUT2D eigenvalue weighted by atomic mass is 10.2. The Bertz CT molecular complexity index is 573. The molecule has 100 valence electrons.